The van der Waals surface area contributed by atoms with Crippen molar-refractivity contribution in [2.75, 3.05) is 10.6 Å². The Labute approximate surface area is 178 Å². The molecule has 1 heterocycles. The number of fused-ring (bicyclic) bond motifs is 1. The van der Waals surface area contributed by atoms with E-state index in [9.17, 15) is 14.0 Å². The molecule has 31 heavy (non-hydrogen) atoms. The summed E-state index contributed by atoms with van der Waals surface area (Å²) in [4.78, 5) is 24.4. The van der Waals surface area contributed by atoms with E-state index in [0.29, 0.717) is 22.7 Å². The number of benzene rings is 3. The highest BCUT2D eigenvalue weighted by Gasteiger charge is 2.41. The van der Waals surface area contributed by atoms with Gasteiger partial charge in [0.15, 0.2) is 0 Å². The van der Waals surface area contributed by atoms with Crippen LogP contribution in [0.1, 0.15) is 21.5 Å². The number of para-hydroxylation sites is 1. The molecule has 0 spiro atoms. The molecule has 1 atom stereocenters. The normalized spacial score (nSPS) is 16.7. The Bertz CT molecular complexity index is 1140. The number of hydrogen-bond donors (Lipinski definition) is 3. The monoisotopic (exact) mass is 418 g/mol. The molecule has 156 valence electrons. The Morgan fingerprint density at radius 2 is 1.71 bits per heavy atom. The number of carbonyl (C=O) groups is 2. The third-order valence-corrected chi connectivity index (χ3v) is 4.86. The van der Waals surface area contributed by atoms with Gasteiger partial charge in [0.2, 0.25) is 0 Å². The van der Waals surface area contributed by atoms with E-state index in [-0.39, 0.29) is 5.56 Å². The van der Waals surface area contributed by atoms with Crippen LogP contribution in [-0.4, -0.2) is 22.7 Å². The third kappa shape index (κ3) is 4.25. The van der Waals surface area contributed by atoms with Gasteiger partial charge in [-0.2, -0.15) is 0 Å². The van der Waals surface area contributed by atoms with Gasteiger partial charge < -0.3 is 20.5 Å². The number of carbonyl (C=O) groups excluding carboxylic acids is 1. The smallest absolute Gasteiger partial charge is 0.335 e. The molecule has 1 aliphatic rings. The van der Waals surface area contributed by atoms with Crippen LogP contribution < -0.4 is 15.4 Å². The average molecular weight is 418 g/mol. The number of amides is 1. The molecule has 4 rings (SSSR count). The quantitative estimate of drug-likeness (QED) is 0.540. The Morgan fingerprint density at radius 3 is 2.39 bits per heavy atom. The molecule has 1 unspecified atom stereocenters. The van der Waals surface area contributed by atoms with E-state index in [1.165, 1.54) is 24.3 Å². The van der Waals surface area contributed by atoms with Crippen molar-refractivity contribution in [2.24, 2.45) is 0 Å². The van der Waals surface area contributed by atoms with Gasteiger partial charge in [-0.3, -0.25) is 4.79 Å². The highest BCUT2D eigenvalue weighted by molar-refractivity contribution is 6.03. The highest BCUT2D eigenvalue weighted by atomic mass is 19.1. The lowest BCUT2D eigenvalue weighted by Crippen LogP contribution is -2.54. The van der Waals surface area contributed by atoms with Crippen molar-refractivity contribution in [3.8, 4) is 5.75 Å². The van der Waals surface area contributed by atoms with Gasteiger partial charge in [0.25, 0.3) is 11.6 Å². The Kier molecular flexibility index (Phi) is 5.41. The third-order valence-electron chi connectivity index (χ3n) is 4.86. The molecule has 0 fully saturated rings. The minimum Gasteiger partial charge on any atom is -0.478 e. The first-order valence-corrected chi connectivity index (χ1v) is 9.54. The summed E-state index contributed by atoms with van der Waals surface area (Å²) in [6.07, 6.45) is 3.40. The standard InChI is InChI=1S/C24H19FN2O4/c25-15-16-5-11-20(12-6-16)31-24(14-13-17-3-1-2-4-21(17)27-24)23(30)26-19-9-7-18(8-10-19)22(28)29/h1-14,27H,15H2,(H,26,30)(H,28,29). The van der Waals surface area contributed by atoms with Crippen LogP contribution in [0.5, 0.6) is 5.75 Å². The molecule has 1 amide bonds. The summed E-state index contributed by atoms with van der Waals surface area (Å²) in [6, 6.07) is 19.7. The van der Waals surface area contributed by atoms with E-state index in [4.69, 9.17) is 9.84 Å². The van der Waals surface area contributed by atoms with Crippen LogP contribution >= 0.6 is 0 Å². The van der Waals surface area contributed by atoms with Crippen molar-refractivity contribution < 1.29 is 23.8 Å². The first-order chi connectivity index (χ1) is 15.0. The number of anilines is 2. The van der Waals surface area contributed by atoms with E-state index in [2.05, 4.69) is 10.6 Å². The second kappa shape index (κ2) is 8.31. The molecule has 3 N–H and O–H groups in total. The Balaban J connectivity index is 1.65. The van der Waals surface area contributed by atoms with Crippen molar-refractivity contribution in [2.45, 2.75) is 12.4 Å². The molecular weight excluding hydrogens is 399 g/mol. The predicted octanol–water partition coefficient (Wildman–Crippen LogP) is 4.71. The summed E-state index contributed by atoms with van der Waals surface area (Å²) in [5.74, 6) is -1.18. The first-order valence-electron chi connectivity index (χ1n) is 9.54. The van der Waals surface area contributed by atoms with Crippen molar-refractivity contribution in [3.63, 3.8) is 0 Å². The van der Waals surface area contributed by atoms with Crippen LogP contribution in [0.15, 0.2) is 78.9 Å². The topological polar surface area (TPSA) is 87.7 Å². The van der Waals surface area contributed by atoms with Gasteiger partial charge in [0.1, 0.15) is 12.4 Å². The van der Waals surface area contributed by atoms with Crippen LogP contribution in [0.2, 0.25) is 0 Å². The van der Waals surface area contributed by atoms with Gasteiger partial charge in [-0.25, -0.2) is 9.18 Å². The zero-order valence-electron chi connectivity index (χ0n) is 16.3. The average Bonchev–Trinajstić information content (AvgIpc) is 2.80. The maximum atomic E-state index is 13.3. The second-order valence-corrected chi connectivity index (χ2v) is 7.00. The molecule has 0 saturated carbocycles. The van der Waals surface area contributed by atoms with Crippen LogP contribution in [0.3, 0.4) is 0 Å². The van der Waals surface area contributed by atoms with E-state index in [1.54, 1.807) is 36.4 Å². The van der Waals surface area contributed by atoms with E-state index in [0.717, 1.165) is 5.56 Å². The number of hydrogen-bond acceptors (Lipinski definition) is 4. The summed E-state index contributed by atoms with van der Waals surface area (Å²) < 4.78 is 18.9. The lowest BCUT2D eigenvalue weighted by molar-refractivity contribution is -0.125. The van der Waals surface area contributed by atoms with Crippen LogP contribution in [0.25, 0.3) is 6.08 Å². The van der Waals surface area contributed by atoms with Gasteiger partial charge in [-0.05, 0) is 59.7 Å². The number of nitrogens with one attached hydrogen (secondary N) is 2. The predicted molar refractivity (Wildman–Crippen MR) is 116 cm³/mol. The number of carboxylic acids is 1. The van der Waals surface area contributed by atoms with Gasteiger partial charge in [-0.15, -0.1) is 0 Å². The lowest BCUT2D eigenvalue weighted by atomic mass is 10.0. The molecule has 0 radical (unpaired) electrons. The lowest BCUT2D eigenvalue weighted by Gasteiger charge is -2.35. The molecule has 6 nitrogen and oxygen atoms in total. The fraction of sp³-hybridized carbons (Fsp3) is 0.0833. The molecule has 0 saturated heterocycles. The van der Waals surface area contributed by atoms with Gasteiger partial charge in [-0.1, -0.05) is 36.4 Å². The van der Waals surface area contributed by atoms with E-state index in [1.807, 2.05) is 24.3 Å². The van der Waals surface area contributed by atoms with Gasteiger partial charge in [0, 0.05) is 11.4 Å². The summed E-state index contributed by atoms with van der Waals surface area (Å²) in [7, 11) is 0. The minimum absolute atomic E-state index is 0.113. The Hall–Kier alpha value is -4.13. The number of halogens is 1. The highest BCUT2D eigenvalue weighted by Crippen LogP contribution is 2.31. The largest absolute Gasteiger partial charge is 0.478 e. The van der Waals surface area contributed by atoms with Crippen molar-refractivity contribution in [1.29, 1.82) is 0 Å². The number of rotatable bonds is 6. The van der Waals surface area contributed by atoms with Crippen molar-refractivity contribution >= 4 is 29.3 Å². The summed E-state index contributed by atoms with van der Waals surface area (Å²) in [6.45, 7) is -0.593. The van der Waals surface area contributed by atoms with Crippen LogP contribution in [0, 0.1) is 0 Å². The summed E-state index contributed by atoms with van der Waals surface area (Å²) in [5.41, 5.74) is 1.06. The fourth-order valence-electron chi connectivity index (χ4n) is 3.20. The van der Waals surface area contributed by atoms with E-state index >= 15 is 0 Å². The molecule has 3 aromatic rings. The minimum atomic E-state index is -1.57. The van der Waals surface area contributed by atoms with Crippen molar-refractivity contribution in [3.05, 3.63) is 95.6 Å². The molecule has 0 bridgehead atoms. The van der Waals surface area contributed by atoms with Crippen molar-refractivity contribution in [1.82, 2.24) is 0 Å². The molecule has 3 aromatic carbocycles. The SMILES string of the molecule is O=C(O)c1ccc(NC(=O)C2(Oc3ccc(CF)cc3)C=Cc3ccccc3N2)cc1. The number of alkyl halides is 1. The van der Waals surface area contributed by atoms with Crippen LogP contribution in [-0.2, 0) is 11.5 Å². The number of aromatic carboxylic acids is 1. The first kappa shape index (κ1) is 20.2. The maximum Gasteiger partial charge on any atom is 0.335 e. The van der Waals surface area contributed by atoms with Crippen LogP contribution in [0.4, 0.5) is 15.8 Å². The fourth-order valence-corrected chi connectivity index (χ4v) is 3.20. The molecule has 7 heteroatoms. The number of ether oxygens (including phenoxy) is 1. The zero-order valence-corrected chi connectivity index (χ0v) is 16.3. The van der Waals surface area contributed by atoms with Gasteiger partial charge in [0.05, 0.1) is 5.56 Å². The maximum absolute atomic E-state index is 13.3. The molecule has 1 aliphatic heterocycles. The molecule has 0 aliphatic carbocycles. The summed E-state index contributed by atoms with van der Waals surface area (Å²) in [5, 5.41) is 15.0. The zero-order chi connectivity index (χ0) is 21.8. The number of carboxylic acid groups (broad SMARTS) is 1. The van der Waals surface area contributed by atoms with E-state index < -0.39 is 24.3 Å². The Morgan fingerprint density at radius 1 is 1.00 bits per heavy atom. The molecule has 0 aromatic heterocycles. The van der Waals surface area contributed by atoms with Gasteiger partial charge >= 0.3 is 5.97 Å². The summed E-state index contributed by atoms with van der Waals surface area (Å²) >= 11 is 0. The second-order valence-electron chi connectivity index (χ2n) is 7.00. The molecular formula is C24H19FN2O4.